The Kier molecular flexibility index (Phi) is 4.89. The van der Waals surface area contributed by atoms with Crippen LogP contribution in [0.25, 0.3) is 5.57 Å². The van der Waals surface area contributed by atoms with E-state index in [9.17, 15) is 39.6 Å². The summed E-state index contributed by atoms with van der Waals surface area (Å²) in [7, 11) is 2.80. The van der Waals surface area contributed by atoms with Crippen LogP contribution in [0.2, 0.25) is 0 Å². The fourth-order valence-electron chi connectivity index (χ4n) is 5.44. The number of hydrogen-bond donors (Lipinski definition) is 5. The molecule has 1 fully saturated rings. The number of Topliss-reactive ketones (excluding diaryl/α,β-unsaturated/α-hetero) is 3. The number of nitrogens with zero attached hydrogens (tertiary/aromatic N) is 1. The monoisotopic (exact) mass is 476 g/mol. The number of aliphatic hydroxyl groups excluding tert-OH is 2. The average Bonchev–Trinajstić information content (AvgIpc) is 2.72. The highest BCUT2D eigenvalue weighted by Gasteiger charge is 2.75. The zero-order chi connectivity index (χ0) is 24.8. The zero-order valence-corrected chi connectivity index (χ0v) is 18.3. The van der Waals surface area contributed by atoms with E-state index >= 15 is 0 Å². The number of fused-ring (bicyclic) bond motifs is 3. The summed E-state index contributed by atoms with van der Waals surface area (Å²) >= 11 is 6.59. The van der Waals surface area contributed by atoms with Gasteiger partial charge < -0.3 is 26.2 Å². The van der Waals surface area contributed by atoms with Gasteiger partial charge in [-0.25, -0.2) is 0 Å². The molecule has 0 radical (unpaired) electrons. The second-order valence-electron chi connectivity index (χ2n) is 8.72. The lowest BCUT2D eigenvalue weighted by atomic mass is 9.52. The van der Waals surface area contributed by atoms with Gasteiger partial charge in [0.1, 0.15) is 17.1 Å². The average molecular weight is 477 g/mol. The first-order chi connectivity index (χ1) is 15.2. The maximum absolute atomic E-state index is 13.8. The van der Waals surface area contributed by atoms with Crippen LogP contribution in [0, 0.1) is 11.8 Å². The highest BCUT2D eigenvalue weighted by atomic mass is 35.5. The number of primary amides is 1. The summed E-state index contributed by atoms with van der Waals surface area (Å²) in [6.07, 6.45) is -1.86. The van der Waals surface area contributed by atoms with E-state index in [2.05, 4.69) is 6.58 Å². The molecule has 3 aliphatic rings. The Morgan fingerprint density at radius 2 is 1.82 bits per heavy atom. The summed E-state index contributed by atoms with van der Waals surface area (Å²) in [6.45, 7) is 3.87. The Hall–Kier alpha value is -3.05. The zero-order valence-electron chi connectivity index (χ0n) is 17.6. The molecular weight excluding hydrogens is 456 g/mol. The molecule has 0 heterocycles. The number of amides is 1. The van der Waals surface area contributed by atoms with Crippen molar-refractivity contribution in [3.63, 3.8) is 0 Å². The fraction of sp³-hybridized carbons (Fsp3) is 0.364. The van der Waals surface area contributed by atoms with E-state index in [-0.39, 0.29) is 16.7 Å². The molecule has 0 bridgehead atoms. The maximum Gasteiger partial charge on any atom is 0.255 e. The number of carbonyl (C=O) groups is 4. The summed E-state index contributed by atoms with van der Waals surface area (Å²) in [5, 5.41) is 44.0. The Bertz CT molecular complexity index is 1210. The van der Waals surface area contributed by atoms with E-state index in [1.807, 2.05) is 0 Å². The Morgan fingerprint density at radius 3 is 2.36 bits per heavy atom. The van der Waals surface area contributed by atoms with Crippen LogP contribution >= 0.6 is 11.6 Å². The van der Waals surface area contributed by atoms with Crippen molar-refractivity contribution >= 4 is 40.4 Å². The largest absolute Gasteiger partial charge is 0.508 e. The molecule has 0 spiro atoms. The molecule has 0 aromatic heterocycles. The lowest BCUT2D eigenvalue weighted by Crippen LogP contribution is -2.77. The quantitative estimate of drug-likeness (QED) is 0.209. The minimum absolute atomic E-state index is 0.0209. The lowest BCUT2D eigenvalue weighted by Gasteiger charge is -2.56. The van der Waals surface area contributed by atoms with Crippen molar-refractivity contribution in [3.05, 3.63) is 47.2 Å². The van der Waals surface area contributed by atoms with Gasteiger partial charge in [-0.1, -0.05) is 18.7 Å². The summed E-state index contributed by atoms with van der Waals surface area (Å²) in [5.74, 6) is -10.1. The van der Waals surface area contributed by atoms with Crippen LogP contribution in [0.15, 0.2) is 36.1 Å². The van der Waals surface area contributed by atoms with Gasteiger partial charge in [-0.2, -0.15) is 0 Å². The number of carbonyl (C=O) groups excluding carboxylic acids is 4. The molecule has 1 saturated carbocycles. The molecule has 6 atom stereocenters. The molecule has 11 heteroatoms. The third kappa shape index (κ3) is 2.54. The van der Waals surface area contributed by atoms with Gasteiger partial charge in [-0.15, -0.1) is 11.6 Å². The second kappa shape index (κ2) is 6.97. The Balaban J connectivity index is 2.08. The summed E-state index contributed by atoms with van der Waals surface area (Å²) in [6, 6.07) is 2.58. The van der Waals surface area contributed by atoms with Crippen LogP contribution in [-0.2, 0) is 14.4 Å². The lowest BCUT2D eigenvalue weighted by molar-refractivity contribution is -0.176. The standard InChI is InChI=1S/C22H21ClN2O8/c1-7-8-5-4-6-9(26)10(8)17(29)21(23)12(7)16(28)13-14(25(2)3)15(27)11(19(24)31)18(30)22(13,33)20(21)32/h4-6,12-14,16,26,28,30,33H,1H2,2-3H3,(H2,24,31)/t12-,13+,14-,16-,21+,22+/m0/s1. The molecule has 6 N–H and O–H groups in total. The number of rotatable bonds is 2. The molecule has 1 amide bonds. The van der Waals surface area contributed by atoms with Gasteiger partial charge in [0.2, 0.25) is 5.78 Å². The first kappa shape index (κ1) is 23.1. The van der Waals surface area contributed by atoms with Crippen LogP contribution in [0.4, 0.5) is 0 Å². The van der Waals surface area contributed by atoms with E-state index in [0.29, 0.717) is 0 Å². The number of halogens is 1. The van der Waals surface area contributed by atoms with Crippen LogP contribution < -0.4 is 5.73 Å². The molecule has 0 saturated heterocycles. The van der Waals surface area contributed by atoms with E-state index < -0.39 is 74.8 Å². The number of aliphatic hydroxyl groups is 3. The molecule has 4 rings (SSSR count). The predicted molar refractivity (Wildman–Crippen MR) is 114 cm³/mol. The molecular formula is C22H21ClN2O8. The number of nitrogens with two attached hydrogens (primary N) is 1. The smallest absolute Gasteiger partial charge is 0.255 e. The first-order valence-electron chi connectivity index (χ1n) is 9.88. The number of alkyl halides is 1. The molecule has 1 aromatic carbocycles. The van der Waals surface area contributed by atoms with Crippen LogP contribution in [0.3, 0.4) is 0 Å². The third-order valence-electron chi connectivity index (χ3n) is 6.87. The van der Waals surface area contributed by atoms with Gasteiger partial charge in [0, 0.05) is 5.92 Å². The van der Waals surface area contributed by atoms with Crippen molar-refractivity contribution in [2.45, 2.75) is 22.6 Å². The summed E-state index contributed by atoms with van der Waals surface area (Å²) in [5.41, 5.74) is 0.919. The van der Waals surface area contributed by atoms with Gasteiger partial charge in [0.15, 0.2) is 22.0 Å². The van der Waals surface area contributed by atoms with E-state index in [1.54, 1.807) is 0 Å². The van der Waals surface area contributed by atoms with Crippen LogP contribution in [0.5, 0.6) is 5.75 Å². The van der Waals surface area contributed by atoms with Gasteiger partial charge >= 0.3 is 0 Å². The summed E-state index contributed by atoms with van der Waals surface area (Å²) in [4.78, 5) is 50.8. The predicted octanol–water partition coefficient (Wildman–Crippen LogP) is -0.703. The molecule has 174 valence electrons. The molecule has 33 heavy (non-hydrogen) atoms. The molecule has 0 aliphatic heterocycles. The van der Waals surface area contributed by atoms with Crippen molar-refractivity contribution < 1.29 is 39.6 Å². The minimum atomic E-state index is -3.11. The van der Waals surface area contributed by atoms with Crippen molar-refractivity contribution in [2.75, 3.05) is 14.1 Å². The number of benzene rings is 1. The SMILES string of the molecule is C=C1c2cccc(O)c2C(=O)[C@@]2(Cl)C(=O)[C@]3(O)C(O)=C(C(N)=O)C(=O)[C@@H](N(C)C)[C@@H]3[C@@H](O)[C@H]12. The molecule has 0 unspecified atom stereocenters. The minimum Gasteiger partial charge on any atom is -0.508 e. The number of hydrogen-bond acceptors (Lipinski definition) is 9. The van der Waals surface area contributed by atoms with E-state index in [4.69, 9.17) is 17.3 Å². The molecule has 3 aliphatic carbocycles. The first-order valence-corrected chi connectivity index (χ1v) is 10.3. The second-order valence-corrected chi connectivity index (χ2v) is 9.31. The number of likely N-dealkylation sites (N-methyl/N-ethyl adjacent to an activating group) is 1. The number of phenols is 1. The van der Waals surface area contributed by atoms with Crippen molar-refractivity contribution in [2.24, 2.45) is 17.6 Å². The van der Waals surface area contributed by atoms with Crippen LogP contribution in [-0.4, -0.2) is 85.3 Å². The van der Waals surface area contributed by atoms with E-state index in [0.717, 1.165) is 0 Å². The number of aromatic hydroxyl groups is 1. The van der Waals surface area contributed by atoms with Gasteiger partial charge in [0.25, 0.3) is 5.91 Å². The normalized spacial score (nSPS) is 35.9. The highest BCUT2D eigenvalue weighted by Crippen LogP contribution is 2.58. The summed E-state index contributed by atoms with van der Waals surface area (Å²) < 4.78 is 0. The Morgan fingerprint density at radius 1 is 1.21 bits per heavy atom. The van der Waals surface area contributed by atoms with E-state index in [1.165, 1.54) is 37.2 Å². The number of phenolic OH excluding ortho intramolecular Hbond substituents is 1. The van der Waals surface area contributed by atoms with Gasteiger partial charge in [0.05, 0.1) is 23.6 Å². The highest BCUT2D eigenvalue weighted by molar-refractivity contribution is 6.53. The van der Waals surface area contributed by atoms with Crippen LogP contribution in [0.1, 0.15) is 15.9 Å². The third-order valence-corrected chi connectivity index (χ3v) is 7.45. The molecule has 1 aromatic rings. The molecule has 10 nitrogen and oxygen atoms in total. The van der Waals surface area contributed by atoms with Crippen molar-refractivity contribution in [1.29, 1.82) is 0 Å². The topological polar surface area (TPSA) is 178 Å². The maximum atomic E-state index is 13.8. The van der Waals surface area contributed by atoms with Gasteiger partial charge in [-0.05, 0) is 31.3 Å². The van der Waals surface area contributed by atoms with Crippen molar-refractivity contribution in [1.82, 2.24) is 4.90 Å². The van der Waals surface area contributed by atoms with Gasteiger partial charge in [-0.3, -0.25) is 24.1 Å². The number of ketones is 3. The fourth-order valence-corrected chi connectivity index (χ4v) is 5.94. The van der Waals surface area contributed by atoms with Crippen molar-refractivity contribution in [3.8, 4) is 5.75 Å². The Labute approximate surface area is 192 Å².